The van der Waals surface area contributed by atoms with Crippen LogP contribution in [0.15, 0.2) is 0 Å². The maximum absolute atomic E-state index is 10.3. The number of carbonyl (C=O) groups is 1. The summed E-state index contributed by atoms with van der Waals surface area (Å²) in [5, 5.41) is 0. The minimum atomic E-state index is -4.41. The van der Waals surface area contributed by atoms with Crippen LogP contribution in [-0.2, 0) is 18.6 Å². The fraction of sp³-hybridized carbons (Fsp3) is 0.800. The van der Waals surface area contributed by atoms with Gasteiger partial charge in [0, 0.05) is 6.42 Å². The molecule has 0 amide bonds. The molecule has 0 bridgehead atoms. The normalized spacial score (nSPS) is 11.0. The Balaban J connectivity index is 3.27. The van der Waals surface area contributed by atoms with Gasteiger partial charge in [0.1, 0.15) is 0 Å². The maximum Gasteiger partial charge on any atom is 0.507 e. The summed E-state index contributed by atoms with van der Waals surface area (Å²) in [5.41, 5.74) is 0. The number of phosphoric ester groups is 1. The van der Waals surface area contributed by atoms with E-state index in [0.717, 1.165) is 7.11 Å². The number of rotatable bonds is 5. The number of hydrogen-bond donors (Lipinski definition) is 2. The van der Waals surface area contributed by atoms with E-state index in [1.165, 1.54) is 0 Å². The average molecular weight is 214 g/mol. The topological polar surface area (TPSA) is 102 Å². The molecule has 13 heavy (non-hydrogen) atoms. The molecule has 0 unspecified atom stereocenters. The molecule has 2 N–H and O–H groups in total. The first kappa shape index (κ1) is 12.4. The summed E-state index contributed by atoms with van der Waals surface area (Å²) in [6.07, 6.45) is -0.642. The first-order valence-electron chi connectivity index (χ1n) is 3.36. The average Bonchev–Trinajstić information content (AvgIpc) is 2.01. The predicted octanol–water partition coefficient (Wildman–Crippen LogP) is 0.269. The lowest BCUT2D eigenvalue weighted by Crippen LogP contribution is -2.07. The molecule has 0 aliphatic rings. The Morgan fingerprint density at radius 1 is 1.38 bits per heavy atom. The third kappa shape index (κ3) is 9.29. The Morgan fingerprint density at radius 3 is 2.46 bits per heavy atom. The highest BCUT2D eigenvalue weighted by Gasteiger charge is 2.12. The van der Waals surface area contributed by atoms with Crippen molar-refractivity contribution >= 4 is 14.0 Å². The molecule has 0 aliphatic heterocycles. The van der Waals surface area contributed by atoms with Crippen molar-refractivity contribution < 1.29 is 33.1 Å². The van der Waals surface area contributed by atoms with Gasteiger partial charge in [-0.2, -0.15) is 0 Å². The van der Waals surface area contributed by atoms with E-state index in [0.29, 0.717) is 0 Å². The fourth-order valence-corrected chi connectivity index (χ4v) is 0.824. The lowest BCUT2D eigenvalue weighted by Gasteiger charge is -2.04. The van der Waals surface area contributed by atoms with Crippen LogP contribution in [0.1, 0.15) is 6.42 Å². The van der Waals surface area contributed by atoms with Crippen LogP contribution in [0.3, 0.4) is 0 Å². The molecule has 0 heterocycles. The summed E-state index contributed by atoms with van der Waals surface area (Å²) in [4.78, 5) is 26.8. The molecule has 78 valence electrons. The highest BCUT2D eigenvalue weighted by atomic mass is 31.2. The first-order chi connectivity index (χ1) is 5.95. The zero-order valence-electron chi connectivity index (χ0n) is 7.00. The van der Waals surface area contributed by atoms with Gasteiger partial charge < -0.3 is 19.3 Å². The van der Waals surface area contributed by atoms with Crippen LogP contribution in [0.2, 0.25) is 0 Å². The van der Waals surface area contributed by atoms with Gasteiger partial charge in [0.05, 0.1) is 20.3 Å². The van der Waals surface area contributed by atoms with Crippen molar-refractivity contribution in [3.63, 3.8) is 0 Å². The third-order valence-electron chi connectivity index (χ3n) is 0.935. The number of phosphoric acid groups is 1. The fourth-order valence-electron chi connectivity index (χ4n) is 0.457. The van der Waals surface area contributed by atoms with Gasteiger partial charge in [0.25, 0.3) is 0 Å². The number of hydrogen-bond acceptors (Lipinski definition) is 5. The van der Waals surface area contributed by atoms with Gasteiger partial charge in [-0.05, 0) is 0 Å². The van der Waals surface area contributed by atoms with Crippen molar-refractivity contribution in [1.29, 1.82) is 0 Å². The molecule has 7 nitrogen and oxygen atoms in total. The van der Waals surface area contributed by atoms with Gasteiger partial charge in [-0.25, -0.2) is 9.36 Å². The van der Waals surface area contributed by atoms with Crippen molar-refractivity contribution in [3.05, 3.63) is 0 Å². The quantitative estimate of drug-likeness (QED) is 0.384. The van der Waals surface area contributed by atoms with Crippen molar-refractivity contribution in [1.82, 2.24) is 0 Å². The Kier molecular flexibility index (Phi) is 5.65. The van der Waals surface area contributed by atoms with Crippen molar-refractivity contribution in [3.8, 4) is 0 Å². The molecule has 0 aromatic heterocycles. The van der Waals surface area contributed by atoms with E-state index >= 15 is 0 Å². The summed E-state index contributed by atoms with van der Waals surface area (Å²) < 4.78 is 22.8. The summed E-state index contributed by atoms with van der Waals surface area (Å²) in [6, 6.07) is 0. The number of methoxy groups -OCH3 is 1. The minimum absolute atomic E-state index is 0.00727. The minimum Gasteiger partial charge on any atom is -0.438 e. The van der Waals surface area contributed by atoms with Gasteiger partial charge in [-0.3, -0.25) is 4.52 Å². The van der Waals surface area contributed by atoms with Crippen LogP contribution in [0.4, 0.5) is 4.79 Å². The van der Waals surface area contributed by atoms with Crippen LogP contribution in [0.25, 0.3) is 0 Å². The molecular formula is C5H11O7P. The standard InChI is InChI=1S/C5H11O7P/c1-10-5(6)11-3-2-4-12-13(7,8)9/h2-4H2,1H3,(H2,7,8,9). The van der Waals surface area contributed by atoms with E-state index in [1.54, 1.807) is 0 Å². The van der Waals surface area contributed by atoms with Gasteiger partial charge in [-0.15, -0.1) is 0 Å². The van der Waals surface area contributed by atoms with E-state index in [9.17, 15) is 9.36 Å². The van der Waals surface area contributed by atoms with E-state index in [4.69, 9.17) is 9.79 Å². The SMILES string of the molecule is COC(=O)OCCCOP(=O)(O)O. The predicted molar refractivity (Wildman–Crippen MR) is 41.0 cm³/mol. The monoisotopic (exact) mass is 214 g/mol. The van der Waals surface area contributed by atoms with Crippen LogP contribution < -0.4 is 0 Å². The van der Waals surface area contributed by atoms with Crippen LogP contribution in [0.5, 0.6) is 0 Å². The molecule has 0 aromatic carbocycles. The van der Waals surface area contributed by atoms with Crippen LogP contribution in [0, 0.1) is 0 Å². The molecular weight excluding hydrogens is 203 g/mol. The molecule has 0 saturated carbocycles. The van der Waals surface area contributed by atoms with Crippen molar-refractivity contribution in [2.24, 2.45) is 0 Å². The van der Waals surface area contributed by atoms with Crippen molar-refractivity contribution in [2.75, 3.05) is 20.3 Å². The number of carbonyl (C=O) groups excluding carboxylic acids is 1. The first-order valence-corrected chi connectivity index (χ1v) is 4.89. The summed E-state index contributed by atoms with van der Waals surface area (Å²) in [5.74, 6) is 0. The smallest absolute Gasteiger partial charge is 0.438 e. The third-order valence-corrected chi connectivity index (χ3v) is 1.45. The highest BCUT2D eigenvalue weighted by Crippen LogP contribution is 2.35. The zero-order chi connectivity index (χ0) is 10.3. The Hall–Kier alpha value is -0.620. The Morgan fingerprint density at radius 2 is 2.00 bits per heavy atom. The Bertz CT molecular complexity index is 197. The molecule has 0 aromatic rings. The second-order valence-electron chi connectivity index (χ2n) is 1.98. The van der Waals surface area contributed by atoms with Gasteiger partial charge in [0.2, 0.25) is 0 Å². The molecule has 0 radical (unpaired) electrons. The van der Waals surface area contributed by atoms with E-state index in [-0.39, 0.29) is 19.6 Å². The lowest BCUT2D eigenvalue weighted by atomic mass is 10.5. The summed E-state index contributed by atoms with van der Waals surface area (Å²) in [6.45, 7) is -0.187. The molecule has 0 fully saturated rings. The van der Waals surface area contributed by atoms with Gasteiger partial charge in [-0.1, -0.05) is 0 Å². The van der Waals surface area contributed by atoms with Crippen LogP contribution in [-0.4, -0.2) is 36.3 Å². The van der Waals surface area contributed by atoms with Gasteiger partial charge >= 0.3 is 14.0 Å². The van der Waals surface area contributed by atoms with Crippen molar-refractivity contribution in [2.45, 2.75) is 6.42 Å². The highest BCUT2D eigenvalue weighted by molar-refractivity contribution is 7.46. The molecule has 0 spiro atoms. The molecule has 0 aliphatic carbocycles. The summed E-state index contributed by atoms with van der Waals surface area (Å²) in [7, 11) is -3.25. The Labute approximate surface area is 74.8 Å². The molecule has 0 atom stereocenters. The van der Waals surface area contributed by atoms with E-state index in [1.807, 2.05) is 0 Å². The zero-order valence-corrected chi connectivity index (χ0v) is 7.90. The molecule has 0 rings (SSSR count). The maximum atomic E-state index is 10.3. The molecule has 8 heteroatoms. The lowest BCUT2D eigenvalue weighted by molar-refractivity contribution is 0.0674. The largest absolute Gasteiger partial charge is 0.507 e. The van der Waals surface area contributed by atoms with Gasteiger partial charge in [0.15, 0.2) is 0 Å². The van der Waals surface area contributed by atoms with E-state index in [2.05, 4.69) is 14.0 Å². The van der Waals surface area contributed by atoms with Crippen LogP contribution >= 0.6 is 7.82 Å². The molecule has 0 saturated heterocycles. The number of ether oxygens (including phenoxy) is 2. The second kappa shape index (κ2) is 5.93. The summed E-state index contributed by atoms with van der Waals surface area (Å²) >= 11 is 0. The second-order valence-corrected chi connectivity index (χ2v) is 3.22. The van der Waals surface area contributed by atoms with E-state index < -0.39 is 14.0 Å².